The Morgan fingerprint density at radius 2 is 0.767 bits per heavy atom. The molecule has 0 aliphatic heterocycles. The minimum Gasteiger partial charge on any atom is -0.309 e. The molecule has 0 aliphatic carbocycles. The van der Waals surface area contributed by atoms with Crippen molar-refractivity contribution in [1.82, 2.24) is 0 Å². The second-order valence-electron chi connectivity index (χ2n) is 15.2. The first-order valence-electron chi connectivity index (χ1n) is 20.5. The summed E-state index contributed by atoms with van der Waals surface area (Å²) in [5.74, 6) is 0. The summed E-state index contributed by atoms with van der Waals surface area (Å²) in [6.07, 6.45) is 0. The monoisotopic (exact) mass is 781 g/mol. The molecule has 282 valence electrons. The van der Waals surface area contributed by atoms with Crippen LogP contribution in [0.1, 0.15) is 0 Å². The fraction of sp³-hybridized carbons (Fsp3) is 0. The van der Waals surface area contributed by atoms with Crippen molar-refractivity contribution in [2.75, 3.05) is 4.90 Å². The molecule has 0 unspecified atom stereocenters. The molecule has 0 saturated carbocycles. The van der Waals surface area contributed by atoms with Gasteiger partial charge in [-0.1, -0.05) is 194 Å². The second-order valence-corrected chi connectivity index (χ2v) is 16.3. The Morgan fingerprint density at radius 3 is 1.43 bits per heavy atom. The molecule has 2 heteroatoms. The minimum atomic E-state index is 1.11. The summed E-state index contributed by atoms with van der Waals surface area (Å²) in [5.41, 5.74) is 15.5. The van der Waals surface area contributed by atoms with Crippen LogP contribution in [-0.4, -0.2) is 0 Å². The fourth-order valence-electron chi connectivity index (χ4n) is 8.81. The summed E-state index contributed by atoms with van der Waals surface area (Å²) in [4.78, 5) is 2.43. The highest BCUT2D eigenvalue weighted by Crippen LogP contribution is 2.46. The van der Waals surface area contributed by atoms with Crippen LogP contribution in [-0.2, 0) is 0 Å². The highest BCUT2D eigenvalue weighted by atomic mass is 32.1. The Kier molecular flexibility index (Phi) is 9.11. The topological polar surface area (TPSA) is 3.24 Å². The van der Waals surface area contributed by atoms with Gasteiger partial charge in [-0.15, -0.1) is 11.3 Å². The highest BCUT2D eigenvalue weighted by Gasteiger charge is 2.19. The molecule has 60 heavy (non-hydrogen) atoms. The van der Waals surface area contributed by atoms with Crippen LogP contribution < -0.4 is 4.90 Å². The smallest absolute Gasteiger partial charge is 0.0640 e. The van der Waals surface area contributed by atoms with Gasteiger partial charge in [0.1, 0.15) is 0 Å². The molecule has 1 nitrogen and oxygen atoms in total. The normalized spacial score (nSPS) is 11.3. The minimum absolute atomic E-state index is 1.11. The molecule has 0 bridgehead atoms. The van der Waals surface area contributed by atoms with Gasteiger partial charge in [-0.2, -0.15) is 0 Å². The summed E-state index contributed by atoms with van der Waals surface area (Å²) < 4.78 is 2.57. The molecule has 10 aromatic carbocycles. The zero-order valence-corrected chi connectivity index (χ0v) is 33.7. The van der Waals surface area contributed by atoms with Gasteiger partial charge in [0.05, 0.1) is 10.4 Å². The van der Waals surface area contributed by atoms with Gasteiger partial charge >= 0.3 is 0 Å². The lowest BCUT2D eigenvalue weighted by atomic mass is 9.89. The van der Waals surface area contributed by atoms with Crippen LogP contribution in [0.3, 0.4) is 0 Å². The van der Waals surface area contributed by atoms with Gasteiger partial charge in [-0.3, -0.25) is 0 Å². The molecular formula is C58H39NS. The van der Waals surface area contributed by atoms with E-state index in [1.165, 1.54) is 92.3 Å². The molecule has 0 atom stereocenters. The Balaban J connectivity index is 1.01. The number of hydrogen-bond acceptors (Lipinski definition) is 2. The average molecular weight is 782 g/mol. The zero-order valence-electron chi connectivity index (χ0n) is 32.9. The van der Waals surface area contributed by atoms with E-state index in [0.717, 1.165) is 11.4 Å². The lowest BCUT2D eigenvalue weighted by Gasteiger charge is -2.26. The van der Waals surface area contributed by atoms with Crippen molar-refractivity contribution in [1.29, 1.82) is 0 Å². The van der Waals surface area contributed by atoms with E-state index in [4.69, 9.17) is 0 Å². The summed E-state index contributed by atoms with van der Waals surface area (Å²) >= 11 is 1.86. The molecule has 1 aromatic heterocycles. The van der Waals surface area contributed by atoms with Gasteiger partial charge in [0.2, 0.25) is 0 Å². The Labute approximate surface area is 354 Å². The van der Waals surface area contributed by atoms with Crippen LogP contribution in [0, 0.1) is 0 Å². The molecule has 0 aliphatic rings. The van der Waals surface area contributed by atoms with E-state index in [2.05, 4.69) is 241 Å². The number of thiophene rings is 1. The van der Waals surface area contributed by atoms with Gasteiger partial charge in [-0.05, 0) is 109 Å². The maximum absolute atomic E-state index is 2.43. The van der Waals surface area contributed by atoms with E-state index < -0.39 is 0 Å². The first kappa shape index (κ1) is 35.6. The molecular weight excluding hydrogens is 743 g/mol. The summed E-state index contributed by atoms with van der Waals surface area (Å²) in [6, 6.07) is 86.0. The van der Waals surface area contributed by atoms with Gasteiger partial charge in [0.25, 0.3) is 0 Å². The summed E-state index contributed by atoms with van der Waals surface area (Å²) in [5, 5.41) is 5.07. The summed E-state index contributed by atoms with van der Waals surface area (Å²) in [6.45, 7) is 0. The number of nitrogens with zero attached hydrogens (tertiary/aromatic N) is 1. The highest BCUT2D eigenvalue weighted by molar-refractivity contribution is 7.26. The second kappa shape index (κ2) is 15.3. The van der Waals surface area contributed by atoms with E-state index in [9.17, 15) is 0 Å². The van der Waals surface area contributed by atoms with E-state index in [1.54, 1.807) is 0 Å². The Morgan fingerprint density at radius 1 is 0.283 bits per heavy atom. The molecule has 0 radical (unpaired) electrons. The van der Waals surface area contributed by atoms with E-state index >= 15 is 0 Å². The Hall–Kier alpha value is -7.52. The van der Waals surface area contributed by atoms with Crippen LogP contribution in [0.2, 0.25) is 0 Å². The number of anilines is 3. The molecule has 0 spiro atoms. The van der Waals surface area contributed by atoms with Gasteiger partial charge in [0.15, 0.2) is 0 Å². The predicted octanol–water partition coefficient (Wildman–Crippen LogP) is 17.0. The van der Waals surface area contributed by atoms with Gasteiger partial charge in [-0.25, -0.2) is 0 Å². The molecule has 11 rings (SSSR count). The largest absolute Gasteiger partial charge is 0.309 e. The maximum atomic E-state index is 2.43. The number of rotatable bonds is 8. The lowest BCUT2D eigenvalue weighted by molar-refractivity contribution is 1.30. The number of fused-ring (bicyclic) bond motifs is 4. The quantitative estimate of drug-likeness (QED) is 0.148. The third-order valence-corrected chi connectivity index (χ3v) is 12.9. The van der Waals surface area contributed by atoms with Crippen molar-refractivity contribution in [2.24, 2.45) is 0 Å². The SMILES string of the molecule is c1ccc(-c2ccccc2-c2ccccc2-c2ccc(N(c3ccc(-c4ccc5cccc(-c6ccccc6)c5c4)cc3)c3cccc4c3sc3ccccc34)cc2)cc1. The number of hydrogen-bond donors (Lipinski definition) is 0. The standard InChI is InChI=1S/C58H39NS/c1-3-15-41(16-4-1)48-20-7-9-22-51(48)52-23-10-8-21-49(52)44-33-37-47(38-34-44)59(56-27-14-26-54-53-24-11-12-28-57(53)60-58(54)56)46-35-31-40(32-36-46)45-30-29-43-19-13-25-50(55(43)39-45)42-17-5-2-6-18-42/h1-39H. The fourth-order valence-corrected chi connectivity index (χ4v) is 10.0. The maximum Gasteiger partial charge on any atom is 0.0640 e. The zero-order chi connectivity index (χ0) is 39.8. The van der Waals surface area contributed by atoms with Crippen molar-refractivity contribution in [2.45, 2.75) is 0 Å². The summed E-state index contributed by atoms with van der Waals surface area (Å²) in [7, 11) is 0. The molecule has 0 fully saturated rings. The third kappa shape index (κ3) is 6.44. The van der Waals surface area contributed by atoms with Gasteiger partial charge < -0.3 is 4.90 Å². The van der Waals surface area contributed by atoms with Crippen molar-refractivity contribution in [3.63, 3.8) is 0 Å². The molecule has 0 N–H and O–H groups in total. The molecule has 11 aromatic rings. The van der Waals surface area contributed by atoms with Crippen LogP contribution in [0.4, 0.5) is 17.1 Å². The first-order chi connectivity index (χ1) is 29.8. The van der Waals surface area contributed by atoms with Crippen molar-refractivity contribution < 1.29 is 0 Å². The number of benzene rings is 10. The van der Waals surface area contributed by atoms with E-state index in [1.807, 2.05) is 11.3 Å². The van der Waals surface area contributed by atoms with Crippen LogP contribution in [0.5, 0.6) is 0 Å². The molecule has 0 amide bonds. The lowest BCUT2D eigenvalue weighted by Crippen LogP contribution is -2.10. The van der Waals surface area contributed by atoms with E-state index in [0.29, 0.717) is 0 Å². The average Bonchev–Trinajstić information content (AvgIpc) is 3.72. The molecule has 1 heterocycles. The van der Waals surface area contributed by atoms with Crippen molar-refractivity contribution in [3.8, 4) is 55.6 Å². The predicted molar refractivity (Wildman–Crippen MR) is 259 cm³/mol. The molecule has 0 saturated heterocycles. The Bertz CT molecular complexity index is 3290. The first-order valence-corrected chi connectivity index (χ1v) is 21.3. The van der Waals surface area contributed by atoms with Crippen LogP contribution in [0.25, 0.3) is 86.6 Å². The van der Waals surface area contributed by atoms with Crippen LogP contribution in [0.15, 0.2) is 237 Å². The van der Waals surface area contributed by atoms with E-state index in [-0.39, 0.29) is 0 Å². The van der Waals surface area contributed by atoms with Crippen LogP contribution >= 0.6 is 11.3 Å². The van der Waals surface area contributed by atoms with Gasteiger partial charge in [0, 0.05) is 26.8 Å². The van der Waals surface area contributed by atoms with Crippen molar-refractivity contribution >= 4 is 59.3 Å². The van der Waals surface area contributed by atoms with Crippen molar-refractivity contribution in [3.05, 3.63) is 237 Å². The third-order valence-electron chi connectivity index (χ3n) is 11.7.